The van der Waals surface area contributed by atoms with E-state index in [0.717, 1.165) is 18.5 Å². The van der Waals surface area contributed by atoms with Crippen LogP contribution in [0.5, 0.6) is 0 Å². The highest BCUT2D eigenvalue weighted by Crippen LogP contribution is 2.25. The van der Waals surface area contributed by atoms with E-state index >= 15 is 0 Å². The van der Waals surface area contributed by atoms with Gasteiger partial charge in [0.1, 0.15) is 0 Å². The first-order chi connectivity index (χ1) is 6.97. The van der Waals surface area contributed by atoms with Gasteiger partial charge in [-0.05, 0) is 43.9 Å². The van der Waals surface area contributed by atoms with Gasteiger partial charge in [-0.15, -0.1) is 0 Å². The van der Waals surface area contributed by atoms with E-state index in [-0.39, 0.29) is 0 Å². The average Bonchev–Trinajstić information content (AvgIpc) is 2.15. The van der Waals surface area contributed by atoms with Crippen molar-refractivity contribution in [1.29, 1.82) is 0 Å². The third kappa shape index (κ3) is 2.21. The molecule has 1 heterocycles. The molecule has 0 amide bonds. The third-order valence-corrected chi connectivity index (χ3v) is 3.08. The minimum Gasteiger partial charge on any atom is -0.386 e. The summed E-state index contributed by atoms with van der Waals surface area (Å²) in [7, 11) is 0. The van der Waals surface area contributed by atoms with Crippen molar-refractivity contribution in [3.05, 3.63) is 34.9 Å². The second-order valence-corrected chi connectivity index (χ2v) is 5.03. The fraction of sp³-hybridized carbons (Fsp3) is 0.538. The average molecular weight is 205 g/mol. The van der Waals surface area contributed by atoms with E-state index in [9.17, 15) is 5.11 Å². The lowest BCUT2D eigenvalue weighted by Gasteiger charge is -2.26. The van der Waals surface area contributed by atoms with Crippen molar-refractivity contribution >= 4 is 0 Å². The molecule has 1 aromatic carbocycles. The number of benzene rings is 1. The van der Waals surface area contributed by atoms with Crippen LogP contribution >= 0.6 is 0 Å². The molecule has 2 nitrogen and oxygen atoms in total. The van der Waals surface area contributed by atoms with Gasteiger partial charge in [-0.3, -0.25) is 0 Å². The van der Waals surface area contributed by atoms with Gasteiger partial charge in [0.25, 0.3) is 0 Å². The SMILES string of the molecule is C[C@@H]1Cc2cc(C(C)(C)O)ccc2CN1. The lowest BCUT2D eigenvalue weighted by Crippen LogP contribution is -2.33. The number of nitrogens with one attached hydrogen (secondary N) is 1. The predicted molar refractivity (Wildman–Crippen MR) is 61.7 cm³/mol. The quantitative estimate of drug-likeness (QED) is 0.734. The van der Waals surface area contributed by atoms with Crippen LogP contribution in [0.1, 0.15) is 37.5 Å². The van der Waals surface area contributed by atoms with Gasteiger partial charge in [0.15, 0.2) is 0 Å². The van der Waals surface area contributed by atoms with E-state index in [2.05, 4.69) is 24.4 Å². The molecule has 0 saturated heterocycles. The van der Waals surface area contributed by atoms with Crippen LogP contribution in [-0.2, 0) is 18.6 Å². The number of aliphatic hydroxyl groups is 1. The van der Waals surface area contributed by atoms with Crippen LogP contribution in [0.25, 0.3) is 0 Å². The molecular weight excluding hydrogens is 186 g/mol. The topological polar surface area (TPSA) is 32.3 Å². The summed E-state index contributed by atoms with van der Waals surface area (Å²) in [6, 6.07) is 6.83. The summed E-state index contributed by atoms with van der Waals surface area (Å²) < 4.78 is 0. The normalized spacial score (nSPS) is 21.2. The summed E-state index contributed by atoms with van der Waals surface area (Å²) in [6.45, 7) is 6.81. The molecule has 2 N–H and O–H groups in total. The number of hydrogen-bond acceptors (Lipinski definition) is 2. The Morgan fingerprint density at radius 2 is 2.07 bits per heavy atom. The molecule has 82 valence electrons. The molecule has 0 unspecified atom stereocenters. The maximum atomic E-state index is 9.94. The highest BCUT2D eigenvalue weighted by atomic mass is 16.3. The minimum atomic E-state index is -0.733. The predicted octanol–water partition coefficient (Wildman–Crippen LogP) is 1.95. The summed E-state index contributed by atoms with van der Waals surface area (Å²) in [5.41, 5.74) is 3.01. The molecule has 0 aromatic heterocycles. The Balaban J connectivity index is 2.37. The Kier molecular flexibility index (Phi) is 2.57. The van der Waals surface area contributed by atoms with E-state index in [1.54, 1.807) is 0 Å². The van der Waals surface area contributed by atoms with Gasteiger partial charge in [-0.2, -0.15) is 0 Å². The maximum Gasteiger partial charge on any atom is 0.0840 e. The van der Waals surface area contributed by atoms with E-state index in [0.29, 0.717) is 6.04 Å². The zero-order valence-electron chi connectivity index (χ0n) is 9.67. The summed E-state index contributed by atoms with van der Waals surface area (Å²) in [5.74, 6) is 0. The Morgan fingerprint density at radius 3 is 2.73 bits per heavy atom. The van der Waals surface area contributed by atoms with Gasteiger partial charge in [-0.1, -0.05) is 18.2 Å². The van der Waals surface area contributed by atoms with Crippen molar-refractivity contribution in [1.82, 2.24) is 5.32 Å². The number of rotatable bonds is 1. The molecule has 0 bridgehead atoms. The van der Waals surface area contributed by atoms with Crippen molar-refractivity contribution < 1.29 is 5.11 Å². The van der Waals surface area contributed by atoms with E-state index in [4.69, 9.17) is 0 Å². The van der Waals surface area contributed by atoms with Crippen molar-refractivity contribution in [2.75, 3.05) is 0 Å². The van der Waals surface area contributed by atoms with Gasteiger partial charge in [0.2, 0.25) is 0 Å². The van der Waals surface area contributed by atoms with Crippen molar-refractivity contribution in [3.8, 4) is 0 Å². The van der Waals surface area contributed by atoms with Gasteiger partial charge >= 0.3 is 0 Å². The lowest BCUT2D eigenvalue weighted by molar-refractivity contribution is 0.0784. The van der Waals surface area contributed by atoms with Crippen molar-refractivity contribution in [2.24, 2.45) is 0 Å². The van der Waals surface area contributed by atoms with Gasteiger partial charge in [-0.25, -0.2) is 0 Å². The Morgan fingerprint density at radius 1 is 1.33 bits per heavy atom. The molecule has 0 spiro atoms. The minimum absolute atomic E-state index is 0.537. The van der Waals surface area contributed by atoms with Crippen LogP contribution in [0.2, 0.25) is 0 Å². The molecule has 2 rings (SSSR count). The molecule has 2 heteroatoms. The van der Waals surface area contributed by atoms with Crippen LogP contribution < -0.4 is 5.32 Å². The zero-order chi connectivity index (χ0) is 11.1. The fourth-order valence-electron chi connectivity index (χ4n) is 2.06. The smallest absolute Gasteiger partial charge is 0.0840 e. The highest BCUT2D eigenvalue weighted by molar-refractivity contribution is 5.36. The van der Waals surface area contributed by atoms with E-state index in [1.165, 1.54) is 11.1 Å². The standard InChI is InChI=1S/C13H19NO/c1-9-6-11-7-12(13(2,3)15)5-4-10(11)8-14-9/h4-5,7,9,14-15H,6,8H2,1-3H3/t9-/m1/s1. The molecule has 0 radical (unpaired) electrons. The molecule has 1 atom stereocenters. The summed E-state index contributed by atoms with van der Waals surface area (Å²) >= 11 is 0. The second-order valence-electron chi connectivity index (χ2n) is 5.03. The molecule has 0 saturated carbocycles. The monoisotopic (exact) mass is 205 g/mol. The summed E-state index contributed by atoms with van der Waals surface area (Å²) in [6.07, 6.45) is 1.05. The fourth-order valence-corrected chi connectivity index (χ4v) is 2.06. The molecular formula is C13H19NO. The molecule has 1 aliphatic rings. The largest absolute Gasteiger partial charge is 0.386 e. The Hall–Kier alpha value is -0.860. The number of fused-ring (bicyclic) bond motifs is 1. The third-order valence-electron chi connectivity index (χ3n) is 3.08. The van der Waals surface area contributed by atoms with Gasteiger partial charge in [0.05, 0.1) is 5.60 Å². The van der Waals surface area contributed by atoms with Crippen LogP contribution in [0.3, 0.4) is 0 Å². The van der Waals surface area contributed by atoms with Crippen LogP contribution in [0.15, 0.2) is 18.2 Å². The Labute approximate surface area is 91.3 Å². The molecule has 1 aliphatic heterocycles. The van der Waals surface area contributed by atoms with Crippen LogP contribution in [-0.4, -0.2) is 11.1 Å². The maximum absolute atomic E-state index is 9.94. The summed E-state index contributed by atoms with van der Waals surface area (Å²) in [5, 5.41) is 13.4. The first-order valence-corrected chi connectivity index (χ1v) is 5.55. The van der Waals surface area contributed by atoms with Crippen LogP contribution in [0, 0.1) is 0 Å². The Bertz CT molecular complexity index is 365. The summed E-state index contributed by atoms with van der Waals surface area (Å²) in [4.78, 5) is 0. The first-order valence-electron chi connectivity index (χ1n) is 5.55. The highest BCUT2D eigenvalue weighted by Gasteiger charge is 2.20. The zero-order valence-corrected chi connectivity index (χ0v) is 9.67. The molecule has 15 heavy (non-hydrogen) atoms. The molecule has 1 aromatic rings. The molecule has 0 aliphatic carbocycles. The first kappa shape index (κ1) is 10.7. The number of hydrogen-bond donors (Lipinski definition) is 2. The lowest BCUT2D eigenvalue weighted by atomic mass is 9.90. The van der Waals surface area contributed by atoms with E-state index < -0.39 is 5.60 Å². The van der Waals surface area contributed by atoms with Crippen molar-refractivity contribution in [2.45, 2.75) is 45.4 Å². The van der Waals surface area contributed by atoms with Crippen LogP contribution in [0.4, 0.5) is 0 Å². The van der Waals surface area contributed by atoms with Gasteiger partial charge < -0.3 is 10.4 Å². The van der Waals surface area contributed by atoms with Gasteiger partial charge in [0, 0.05) is 12.6 Å². The molecule has 0 fully saturated rings. The van der Waals surface area contributed by atoms with Crippen molar-refractivity contribution in [3.63, 3.8) is 0 Å². The van der Waals surface area contributed by atoms with E-state index in [1.807, 2.05) is 19.9 Å². The second kappa shape index (κ2) is 3.62.